The highest BCUT2D eigenvalue weighted by Gasteiger charge is 2.11. The van der Waals surface area contributed by atoms with Crippen LogP contribution in [-0.4, -0.2) is 60.2 Å². The molecule has 1 aromatic heterocycles. The van der Waals surface area contributed by atoms with Crippen molar-refractivity contribution in [2.75, 3.05) is 50.0 Å². The molecule has 0 atom stereocenters. The molecule has 1 aliphatic rings. The minimum absolute atomic E-state index is 0.260. The van der Waals surface area contributed by atoms with Crippen molar-refractivity contribution in [2.45, 2.75) is 0 Å². The van der Waals surface area contributed by atoms with Crippen LogP contribution in [0.1, 0.15) is 16.1 Å². The van der Waals surface area contributed by atoms with E-state index >= 15 is 0 Å². The van der Waals surface area contributed by atoms with E-state index in [1.165, 1.54) is 0 Å². The zero-order chi connectivity index (χ0) is 18.2. The average molecular weight is 352 g/mol. The number of nitriles is 1. The summed E-state index contributed by atoms with van der Waals surface area (Å²) in [6.45, 7) is 4.93. The maximum atomic E-state index is 12.4. The Morgan fingerprint density at radius 3 is 2.96 bits per heavy atom. The molecule has 8 heteroatoms. The molecule has 0 saturated carbocycles. The Hall–Kier alpha value is -3.02. The van der Waals surface area contributed by atoms with Crippen LogP contribution in [0.15, 0.2) is 36.5 Å². The van der Waals surface area contributed by atoms with Crippen molar-refractivity contribution in [3.8, 4) is 6.07 Å². The summed E-state index contributed by atoms with van der Waals surface area (Å²) in [6.07, 6.45) is 1.55. The van der Waals surface area contributed by atoms with Gasteiger partial charge in [-0.15, -0.1) is 0 Å². The van der Waals surface area contributed by atoms with Crippen molar-refractivity contribution in [1.29, 1.82) is 5.26 Å². The summed E-state index contributed by atoms with van der Waals surface area (Å²) in [7, 11) is 0. The van der Waals surface area contributed by atoms with Gasteiger partial charge in [-0.25, -0.2) is 9.97 Å². The number of rotatable bonds is 6. The number of hydrogen-bond donors (Lipinski definition) is 2. The number of carbonyl (C=O) groups is 1. The molecular formula is C18H20N6O2. The lowest BCUT2D eigenvalue weighted by Gasteiger charge is -2.26. The number of hydrogen-bond acceptors (Lipinski definition) is 7. The molecule has 134 valence electrons. The van der Waals surface area contributed by atoms with Gasteiger partial charge in [0.2, 0.25) is 5.95 Å². The predicted molar refractivity (Wildman–Crippen MR) is 96.9 cm³/mol. The number of benzene rings is 1. The fraction of sp³-hybridized carbons (Fsp3) is 0.333. The third-order valence-corrected chi connectivity index (χ3v) is 3.95. The minimum atomic E-state index is -0.348. The first-order valence-corrected chi connectivity index (χ1v) is 8.43. The van der Waals surface area contributed by atoms with E-state index < -0.39 is 0 Å². The summed E-state index contributed by atoms with van der Waals surface area (Å²) < 4.78 is 5.32. The third-order valence-electron chi connectivity index (χ3n) is 3.95. The van der Waals surface area contributed by atoms with Gasteiger partial charge in [-0.2, -0.15) is 5.26 Å². The van der Waals surface area contributed by atoms with Crippen LogP contribution in [0.2, 0.25) is 0 Å². The predicted octanol–water partition coefficient (Wildman–Crippen LogP) is 1.34. The van der Waals surface area contributed by atoms with Gasteiger partial charge in [-0.05, 0) is 24.3 Å². The molecule has 1 fully saturated rings. The van der Waals surface area contributed by atoms with Gasteiger partial charge in [0.1, 0.15) is 5.69 Å². The van der Waals surface area contributed by atoms with Crippen LogP contribution in [0.25, 0.3) is 0 Å². The van der Waals surface area contributed by atoms with E-state index in [1.54, 1.807) is 36.5 Å². The van der Waals surface area contributed by atoms with E-state index in [4.69, 9.17) is 10.00 Å². The molecule has 1 aliphatic heterocycles. The summed E-state index contributed by atoms with van der Waals surface area (Å²) in [6, 6.07) is 10.3. The van der Waals surface area contributed by atoms with Gasteiger partial charge in [0.15, 0.2) is 0 Å². The van der Waals surface area contributed by atoms with Crippen molar-refractivity contribution in [3.05, 3.63) is 47.8 Å². The Bertz CT molecular complexity index is 798. The van der Waals surface area contributed by atoms with Crippen molar-refractivity contribution in [2.24, 2.45) is 0 Å². The Morgan fingerprint density at radius 2 is 2.15 bits per heavy atom. The van der Waals surface area contributed by atoms with Crippen molar-refractivity contribution in [1.82, 2.24) is 14.9 Å². The number of carbonyl (C=O) groups excluding carboxylic acids is 1. The topological polar surface area (TPSA) is 103 Å². The largest absolute Gasteiger partial charge is 0.379 e. The molecule has 2 heterocycles. The highest BCUT2D eigenvalue weighted by molar-refractivity contribution is 6.03. The standard InChI is InChI=1S/C18H20N6O2/c19-13-14-2-1-3-15(12-14)22-17(25)16-4-5-20-18(23-16)21-6-7-24-8-10-26-11-9-24/h1-5,12H,6-11H2,(H,22,25)(H,20,21,23). The van der Waals surface area contributed by atoms with Gasteiger partial charge < -0.3 is 15.4 Å². The van der Waals surface area contributed by atoms with Crippen molar-refractivity contribution in [3.63, 3.8) is 0 Å². The molecule has 26 heavy (non-hydrogen) atoms. The van der Waals surface area contributed by atoms with E-state index in [0.717, 1.165) is 32.8 Å². The molecule has 1 amide bonds. The molecule has 0 unspecified atom stereocenters. The fourth-order valence-corrected chi connectivity index (χ4v) is 2.58. The lowest BCUT2D eigenvalue weighted by atomic mass is 10.2. The number of nitrogens with one attached hydrogen (secondary N) is 2. The molecule has 0 spiro atoms. The van der Waals surface area contributed by atoms with E-state index in [9.17, 15) is 4.79 Å². The molecule has 0 bridgehead atoms. The van der Waals surface area contributed by atoms with Crippen LogP contribution >= 0.6 is 0 Å². The molecule has 8 nitrogen and oxygen atoms in total. The number of nitrogens with zero attached hydrogens (tertiary/aromatic N) is 4. The van der Waals surface area contributed by atoms with E-state index in [1.807, 2.05) is 6.07 Å². The molecular weight excluding hydrogens is 332 g/mol. The van der Waals surface area contributed by atoms with Crippen LogP contribution < -0.4 is 10.6 Å². The highest BCUT2D eigenvalue weighted by Crippen LogP contribution is 2.11. The molecule has 0 aliphatic carbocycles. The molecule has 3 rings (SSSR count). The number of anilines is 2. The van der Waals surface area contributed by atoms with Crippen LogP contribution in [-0.2, 0) is 4.74 Å². The summed E-state index contributed by atoms with van der Waals surface area (Å²) >= 11 is 0. The Morgan fingerprint density at radius 1 is 1.31 bits per heavy atom. The SMILES string of the molecule is N#Cc1cccc(NC(=O)c2ccnc(NCCN3CCOCC3)n2)c1. The van der Waals surface area contributed by atoms with E-state index in [2.05, 4.69) is 25.5 Å². The first-order valence-electron chi connectivity index (χ1n) is 8.43. The second-order valence-electron chi connectivity index (χ2n) is 5.79. The zero-order valence-electron chi connectivity index (χ0n) is 14.3. The number of morpholine rings is 1. The van der Waals surface area contributed by atoms with Crippen LogP contribution in [0.5, 0.6) is 0 Å². The monoisotopic (exact) mass is 352 g/mol. The fourth-order valence-electron chi connectivity index (χ4n) is 2.58. The summed E-state index contributed by atoms with van der Waals surface area (Å²) in [4.78, 5) is 23.1. The second-order valence-corrected chi connectivity index (χ2v) is 5.79. The Kier molecular flexibility index (Phi) is 6.09. The van der Waals surface area contributed by atoms with Gasteiger partial charge in [-0.1, -0.05) is 6.07 Å². The summed E-state index contributed by atoms with van der Waals surface area (Å²) in [5.74, 6) is 0.0652. The average Bonchev–Trinajstić information content (AvgIpc) is 2.69. The van der Waals surface area contributed by atoms with Gasteiger partial charge in [0, 0.05) is 38.1 Å². The van der Waals surface area contributed by atoms with Crippen LogP contribution in [0, 0.1) is 11.3 Å². The first-order chi connectivity index (χ1) is 12.7. The molecule has 2 N–H and O–H groups in total. The minimum Gasteiger partial charge on any atom is -0.379 e. The molecule has 0 radical (unpaired) electrons. The Balaban J connectivity index is 1.55. The molecule has 1 saturated heterocycles. The Labute approximate surface area is 151 Å². The molecule has 1 aromatic carbocycles. The first kappa shape index (κ1) is 17.8. The smallest absolute Gasteiger partial charge is 0.274 e. The van der Waals surface area contributed by atoms with E-state index in [0.29, 0.717) is 23.7 Å². The lowest BCUT2D eigenvalue weighted by molar-refractivity contribution is 0.0398. The molecule has 2 aromatic rings. The van der Waals surface area contributed by atoms with E-state index in [-0.39, 0.29) is 11.6 Å². The number of amides is 1. The second kappa shape index (κ2) is 8.89. The van der Waals surface area contributed by atoms with Crippen LogP contribution in [0.3, 0.4) is 0 Å². The summed E-state index contributed by atoms with van der Waals surface area (Å²) in [5, 5.41) is 14.8. The maximum absolute atomic E-state index is 12.4. The quantitative estimate of drug-likeness (QED) is 0.809. The highest BCUT2D eigenvalue weighted by atomic mass is 16.5. The zero-order valence-corrected chi connectivity index (χ0v) is 14.3. The lowest BCUT2D eigenvalue weighted by Crippen LogP contribution is -2.39. The number of aromatic nitrogens is 2. The van der Waals surface area contributed by atoms with Gasteiger partial charge in [0.05, 0.1) is 24.8 Å². The maximum Gasteiger partial charge on any atom is 0.274 e. The van der Waals surface area contributed by atoms with Crippen LogP contribution in [0.4, 0.5) is 11.6 Å². The van der Waals surface area contributed by atoms with Gasteiger partial charge >= 0.3 is 0 Å². The normalized spacial score (nSPS) is 14.4. The van der Waals surface area contributed by atoms with Gasteiger partial charge in [0.25, 0.3) is 5.91 Å². The van der Waals surface area contributed by atoms with Crippen molar-refractivity contribution >= 4 is 17.5 Å². The van der Waals surface area contributed by atoms with Gasteiger partial charge in [-0.3, -0.25) is 9.69 Å². The third kappa shape index (κ3) is 4.99. The number of ether oxygens (including phenoxy) is 1. The van der Waals surface area contributed by atoms with Crippen molar-refractivity contribution < 1.29 is 9.53 Å². The summed E-state index contributed by atoms with van der Waals surface area (Å²) in [5.41, 5.74) is 1.29.